The monoisotopic (exact) mass is 480 g/mol. The highest BCUT2D eigenvalue weighted by Gasteiger charge is 2.14. The Labute approximate surface area is 200 Å². The van der Waals surface area contributed by atoms with Crippen LogP contribution in [-0.4, -0.2) is 37.7 Å². The van der Waals surface area contributed by atoms with Crippen molar-refractivity contribution in [1.29, 1.82) is 0 Å². The first-order valence-electron chi connectivity index (χ1n) is 10.0. The lowest BCUT2D eigenvalue weighted by atomic mass is 10.2. The summed E-state index contributed by atoms with van der Waals surface area (Å²) in [5, 5.41) is 9.32. The number of rotatable bonds is 8. The third kappa shape index (κ3) is 7.07. The van der Waals surface area contributed by atoms with Gasteiger partial charge < -0.3 is 20.1 Å². The predicted octanol–water partition coefficient (Wildman–Crippen LogP) is 3.45. The molecule has 3 N–H and O–H groups in total. The predicted molar refractivity (Wildman–Crippen MR) is 129 cm³/mol. The molecular formula is C24H21ClN4O5. The van der Waals surface area contributed by atoms with Crippen molar-refractivity contribution < 1.29 is 23.9 Å². The van der Waals surface area contributed by atoms with Crippen LogP contribution >= 0.6 is 11.6 Å². The van der Waals surface area contributed by atoms with E-state index in [-0.39, 0.29) is 12.5 Å². The summed E-state index contributed by atoms with van der Waals surface area (Å²) < 4.78 is 10.6. The molecule has 0 unspecified atom stereocenters. The maximum Gasteiger partial charge on any atom is 0.329 e. The van der Waals surface area contributed by atoms with Crippen LogP contribution in [0, 0.1) is 0 Å². The first kappa shape index (κ1) is 24.3. The summed E-state index contributed by atoms with van der Waals surface area (Å²) in [6.45, 7) is -0.198. The maximum atomic E-state index is 12.0. The summed E-state index contributed by atoms with van der Waals surface area (Å²) in [6.07, 6.45) is 1.36. The minimum atomic E-state index is -0.938. The quantitative estimate of drug-likeness (QED) is 0.259. The molecule has 9 nitrogen and oxygen atoms in total. The van der Waals surface area contributed by atoms with Crippen LogP contribution in [0.25, 0.3) is 0 Å². The van der Waals surface area contributed by atoms with Gasteiger partial charge >= 0.3 is 11.8 Å². The number of halogens is 1. The molecule has 0 aromatic heterocycles. The third-order valence-corrected chi connectivity index (χ3v) is 4.67. The summed E-state index contributed by atoms with van der Waals surface area (Å²) in [5.41, 5.74) is 3.66. The fourth-order valence-electron chi connectivity index (χ4n) is 2.69. The summed E-state index contributed by atoms with van der Waals surface area (Å²) in [7, 11) is 1.46. The standard InChI is InChI=1S/C24H21ClN4O5/c1-33-21-9-5-4-8-20(21)28-23(31)24(32)29-26-14-16-10-12-17(13-11-16)34-15-22(30)27-19-7-3-2-6-18(19)25/h2-14H,15H2,1H3,(H,27,30)(H,28,31)(H,29,32)/b26-14-. The van der Waals surface area contributed by atoms with Crippen LogP contribution in [0.2, 0.25) is 5.02 Å². The molecule has 0 radical (unpaired) electrons. The average Bonchev–Trinajstić information content (AvgIpc) is 2.85. The SMILES string of the molecule is COc1ccccc1NC(=O)C(=O)N/N=C\c1ccc(OCC(=O)Nc2ccccc2Cl)cc1. The topological polar surface area (TPSA) is 118 Å². The van der Waals surface area contributed by atoms with Gasteiger partial charge in [-0.05, 0) is 54.1 Å². The molecule has 0 spiro atoms. The zero-order chi connectivity index (χ0) is 24.3. The second-order valence-electron chi connectivity index (χ2n) is 6.74. The molecule has 0 aliphatic carbocycles. The molecule has 3 aromatic carbocycles. The molecule has 0 heterocycles. The molecule has 174 valence electrons. The van der Waals surface area contributed by atoms with Crippen LogP contribution in [0.3, 0.4) is 0 Å². The highest BCUT2D eigenvalue weighted by Crippen LogP contribution is 2.23. The summed E-state index contributed by atoms with van der Waals surface area (Å²) >= 11 is 6.01. The first-order valence-corrected chi connectivity index (χ1v) is 10.4. The number of carbonyl (C=O) groups is 3. The van der Waals surface area contributed by atoms with E-state index in [2.05, 4.69) is 21.2 Å². The fraction of sp³-hybridized carbons (Fsp3) is 0.0833. The number of hydrogen-bond donors (Lipinski definition) is 3. The van der Waals surface area contributed by atoms with Crippen molar-refractivity contribution in [3.63, 3.8) is 0 Å². The van der Waals surface area contributed by atoms with Gasteiger partial charge in [0.1, 0.15) is 11.5 Å². The van der Waals surface area contributed by atoms with Crippen LogP contribution in [0.4, 0.5) is 11.4 Å². The van der Waals surface area contributed by atoms with Crippen LogP contribution in [-0.2, 0) is 14.4 Å². The fourth-order valence-corrected chi connectivity index (χ4v) is 2.87. The Morgan fingerprint density at radius 2 is 1.56 bits per heavy atom. The van der Waals surface area contributed by atoms with Gasteiger partial charge in [0.2, 0.25) is 0 Å². The molecule has 0 aliphatic rings. The van der Waals surface area contributed by atoms with E-state index in [9.17, 15) is 14.4 Å². The van der Waals surface area contributed by atoms with Gasteiger partial charge in [0.25, 0.3) is 5.91 Å². The van der Waals surface area contributed by atoms with E-state index < -0.39 is 11.8 Å². The molecule has 10 heteroatoms. The van der Waals surface area contributed by atoms with Crippen LogP contribution in [0.1, 0.15) is 5.56 Å². The number of para-hydroxylation sites is 3. The Bertz CT molecular complexity index is 1200. The van der Waals surface area contributed by atoms with Gasteiger partial charge in [-0.25, -0.2) is 5.43 Å². The molecular weight excluding hydrogens is 460 g/mol. The zero-order valence-corrected chi connectivity index (χ0v) is 18.8. The smallest absolute Gasteiger partial charge is 0.329 e. The zero-order valence-electron chi connectivity index (χ0n) is 18.1. The Morgan fingerprint density at radius 1 is 0.882 bits per heavy atom. The summed E-state index contributed by atoms with van der Waals surface area (Å²) in [6, 6.07) is 20.2. The van der Waals surface area contributed by atoms with E-state index in [1.807, 2.05) is 0 Å². The molecule has 34 heavy (non-hydrogen) atoms. The van der Waals surface area contributed by atoms with E-state index in [0.29, 0.717) is 33.5 Å². The number of nitrogens with zero attached hydrogens (tertiary/aromatic N) is 1. The Morgan fingerprint density at radius 3 is 2.26 bits per heavy atom. The van der Waals surface area contributed by atoms with E-state index in [1.165, 1.54) is 13.3 Å². The highest BCUT2D eigenvalue weighted by molar-refractivity contribution is 6.39. The van der Waals surface area contributed by atoms with Crippen molar-refractivity contribution in [2.45, 2.75) is 0 Å². The first-order chi connectivity index (χ1) is 16.5. The number of amides is 3. The molecule has 3 amide bonds. The van der Waals surface area contributed by atoms with Crippen molar-refractivity contribution >= 4 is 46.9 Å². The van der Waals surface area contributed by atoms with Crippen molar-refractivity contribution in [2.24, 2.45) is 5.10 Å². The molecule has 0 atom stereocenters. The lowest BCUT2D eigenvalue weighted by molar-refractivity contribution is -0.136. The van der Waals surface area contributed by atoms with Gasteiger partial charge in [-0.2, -0.15) is 5.10 Å². The number of benzene rings is 3. The van der Waals surface area contributed by atoms with E-state index in [1.54, 1.807) is 72.8 Å². The van der Waals surface area contributed by atoms with Crippen LogP contribution in [0.5, 0.6) is 11.5 Å². The van der Waals surface area contributed by atoms with Gasteiger partial charge in [0.05, 0.1) is 29.7 Å². The Kier molecular flexibility index (Phi) is 8.59. The third-order valence-electron chi connectivity index (χ3n) is 4.34. The number of hydrazone groups is 1. The second-order valence-corrected chi connectivity index (χ2v) is 7.15. The maximum absolute atomic E-state index is 12.0. The van der Waals surface area contributed by atoms with Gasteiger partial charge in [-0.15, -0.1) is 0 Å². The number of nitrogens with one attached hydrogen (secondary N) is 3. The largest absolute Gasteiger partial charge is 0.495 e. The number of carbonyl (C=O) groups excluding carboxylic acids is 3. The van der Waals surface area contributed by atoms with Gasteiger partial charge in [0, 0.05) is 0 Å². The molecule has 0 aliphatic heterocycles. The van der Waals surface area contributed by atoms with E-state index in [0.717, 1.165) is 0 Å². The van der Waals surface area contributed by atoms with Crippen molar-refractivity contribution in [3.8, 4) is 11.5 Å². The summed E-state index contributed by atoms with van der Waals surface area (Å²) in [4.78, 5) is 36.0. The minimum Gasteiger partial charge on any atom is -0.495 e. The average molecular weight is 481 g/mol. The molecule has 3 rings (SSSR count). The van der Waals surface area contributed by atoms with Crippen molar-refractivity contribution in [1.82, 2.24) is 5.43 Å². The minimum absolute atomic E-state index is 0.198. The van der Waals surface area contributed by atoms with Crippen LogP contribution < -0.4 is 25.5 Å². The molecule has 0 saturated carbocycles. The molecule has 0 saturated heterocycles. The van der Waals surface area contributed by atoms with Crippen LogP contribution in [0.15, 0.2) is 77.9 Å². The van der Waals surface area contributed by atoms with Crippen molar-refractivity contribution in [2.75, 3.05) is 24.4 Å². The lowest BCUT2D eigenvalue weighted by Crippen LogP contribution is -2.32. The number of methoxy groups -OCH3 is 1. The molecule has 0 bridgehead atoms. The number of anilines is 2. The second kappa shape index (κ2) is 12.0. The summed E-state index contributed by atoms with van der Waals surface area (Å²) in [5.74, 6) is -1.29. The van der Waals surface area contributed by atoms with E-state index in [4.69, 9.17) is 21.1 Å². The Balaban J connectivity index is 1.45. The van der Waals surface area contributed by atoms with E-state index >= 15 is 0 Å². The number of ether oxygens (including phenoxy) is 2. The van der Waals surface area contributed by atoms with Gasteiger partial charge in [0.15, 0.2) is 6.61 Å². The highest BCUT2D eigenvalue weighted by atomic mass is 35.5. The Hall–Kier alpha value is -4.37. The molecule has 3 aromatic rings. The van der Waals surface area contributed by atoms with Gasteiger partial charge in [-0.3, -0.25) is 14.4 Å². The lowest BCUT2D eigenvalue weighted by Gasteiger charge is -2.09. The van der Waals surface area contributed by atoms with Crippen molar-refractivity contribution in [3.05, 3.63) is 83.4 Å². The van der Waals surface area contributed by atoms with Gasteiger partial charge in [-0.1, -0.05) is 35.9 Å². The molecule has 0 fully saturated rings. The number of hydrogen-bond acceptors (Lipinski definition) is 6. The normalized spacial score (nSPS) is 10.4.